The Balaban J connectivity index is 2.82. The van der Waals surface area contributed by atoms with Gasteiger partial charge in [0.1, 0.15) is 0 Å². The van der Waals surface area contributed by atoms with E-state index in [0.29, 0.717) is 0 Å². The summed E-state index contributed by atoms with van der Waals surface area (Å²) in [6.45, 7) is 0. The third-order valence-electron chi connectivity index (χ3n) is 0.890. The normalized spacial score (nSPS) is 29.3. The highest BCUT2D eigenvalue weighted by Crippen LogP contribution is 2.49. The van der Waals surface area contributed by atoms with Crippen LogP contribution in [0.15, 0.2) is 20.9 Å². The third kappa shape index (κ3) is 1.69. The van der Waals surface area contributed by atoms with Gasteiger partial charge in [-0.05, 0) is 26.3 Å². The van der Waals surface area contributed by atoms with Crippen LogP contribution in [0.1, 0.15) is 0 Å². The zero-order valence-electron chi connectivity index (χ0n) is 4.34. The van der Waals surface area contributed by atoms with E-state index in [0.717, 1.165) is 15.7 Å². The second-order valence-electron chi connectivity index (χ2n) is 1.51. The van der Waals surface area contributed by atoms with Crippen LogP contribution in [0.25, 0.3) is 0 Å². The van der Waals surface area contributed by atoms with Crippen molar-refractivity contribution < 1.29 is 4.79 Å². The fraction of sp³-hybridized carbons (Fsp3) is 0. The molecule has 0 aliphatic carbocycles. The molecule has 1 unspecified atom stereocenters. The number of hydrogen-bond donors (Lipinski definition) is 1. The first-order valence-corrected chi connectivity index (χ1v) is 6.45. The summed E-state index contributed by atoms with van der Waals surface area (Å²) in [5.41, 5.74) is 0. The van der Waals surface area contributed by atoms with Gasteiger partial charge in [0.15, 0.2) is 6.29 Å². The average Bonchev–Trinajstić information content (AvgIpc) is 2.10. The quantitative estimate of drug-likeness (QED) is 0.573. The predicted octanol–water partition coefficient (Wildman–Crippen LogP) is 2.63. The van der Waals surface area contributed by atoms with E-state index in [2.05, 4.69) is 30.7 Å². The Labute approximate surface area is 71.9 Å². The zero-order valence-corrected chi connectivity index (χ0v) is 8.41. The lowest BCUT2D eigenvalue weighted by molar-refractivity contribution is -0.104. The summed E-state index contributed by atoms with van der Waals surface area (Å²) in [5.74, 6) is 0. The van der Waals surface area contributed by atoms with Crippen molar-refractivity contribution in [2.75, 3.05) is 0 Å². The van der Waals surface area contributed by atoms with Gasteiger partial charge < -0.3 is 0 Å². The highest BCUT2D eigenvalue weighted by Gasteiger charge is 2.09. The number of rotatable bonds is 1. The molecule has 1 aliphatic rings. The number of carbonyl (C=O) groups is 1. The first-order chi connectivity index (χ1) is 4.24. The largest absolute Gasteiger partial charge is 0.297 e. The van der Waals surface area contributed by atoms with E-state index >= 15 is 0 Å². The maximum Gasteiger partial charge on any atom is 0.155 e. The van der Waals surface area contributed by atoms with Gasteiger partial charge in [-0.15, -0.1) is 9.33 Å². The van der Waals surface area contributed by atoms with Crippen molar-refractivity contribution >= 4 is 46.4 Å². The highest BCUT2D eigenvalue weighted by atomic mass is 79.9. The lowest BCUT2D eigenvalue weighted by Gasteiger charge is -1.98. The Morgan fingerprint density at radius 3 is 2.56 bits per heavy atom. The molecule has 0 bridgehead atoms. The molecule has 0 aromatic rings. The first kappa shape index (κ1) is 7.57. The van der Waals surface area contributed by atoms with E-state index in [4.69, 9.17) is 0 Å². The van der Waals surface area contributed by atoms with Crippen molar-refractivity contribution in [3.63, 3.8) is 0 Å². The van der Waals surface area contributed by atoms with Crippen molar-refractivity contribution in [3.05, 3.63) is 20.9 Å². The van der Waals surface area contributed by atoms with Crippen LogP contribution in [-0.2, 0) is 4.79 Å². The fourth-order valence-electron chi connectivity index (χ4n) is 0.507. The molecule has 0 saturated carbocycles. The molecule has 1 atom stereocenters. The summed E-state index contributed by atoms with van der Waals surface area (Å²) >= 11 is 6.64. The minimum atomic E-state index is -0.471. The van der Waals surface area contributed by atoms with Gasteiger partial charge in [-0.1, -0.05) is 15.9 Å². The van der Waals surface area contributed by atoms with Gasteiger partial charge in [-0.2, -0.15) is 0 Å². The Kier molecular flexibility index (Phi) is 2.55. The van der Waals surface area contributed by atoms with Crippen molar-refractivity contribution in [1.82, 2.24) is 0 Å². The fourth-order valence-corrected chi connectivity index (χ4v) is 4.39. The van der Waals surface area contributed by atoms with Crippen molar-refractivity contribution in [1.29, 1.82) is 0 Å². The smallest absolute Gasteiger partial charge is 0.155 e. The van der Waals surface area contributed by atoms with Crippen LogP contribution in [0.5, 0.6) is 0 Å². The van der Waals surface area contributed by atoms with Crippen LogP contribution in [0, 0.1) is 0 Å². The van der Waals surface area contributed by atoms with Crippen LogP contribution in [0.3, 0.4) is 0 Å². The topological polar surface area (TPSA) is 17.1 Å². The van der Waals surface area contributed by atoms with Gasteiger partial charge in [0, 0.05) is 9.39 Å². The predicted molar refractivity (Wildman–Crippen MR) is 49.1 cm³/mol. The molecular weight excluding hydrogens is 268 g/mol. The molecule has 0 aromatic carbocycles. The maximum atomic E-state index is 10.2. The van der Waals surface area contributed by atoms with E-state index in [1.165, 1.54) is 0 Å². The monoisotopic (exact) mass is 270 g/mol. The number of halogens is 2. The molecule has 0 radical (unpaired) electrons. The minimum absolute atomic E-state index is 0.471. The molecule has 1 nitrogen and oxygen atoms in total. The molecule has 1 aliphatic heterocycles. The standard InChI is InChI=1S/C5H4Br2OS/c6-4-1-5(2-8)9(7)3-4/h1-3,9H. The van der Waals surface area contributed by atoms with Gasteiger partial charge in [-0.3, -0.25) is 4.79 Å². The summed E-state index contributed by atoms with van der Waals surface area (Å²) < 4.78 is 0.993. The van der Waals surface area contributed by atoms with Gasteiger partial charge in [0.05, 0.1) is 0 Å². The minimum Gasteiger partial charge on any atom is -0.297 e. The maximum absolute atomic E-state index is 10.2. The summed E-state index contributed by atoms with van der Waals surface area (Å²) in [4.78, 5) is 11.1. The molecule has 1 heterocycles. The number of carbonyl (C=O) groups excluding carboxylic acids is 1. The Morgan fingerprint density at radius 1 is 1.67 bits per heavy atom. The van der Waals surface area contributed by atoms with Gasteiger partial charge in [0.25, 0.3) is 0 Å². The van der Waals surface area contributed by atoms with E-state index in [1.807, 2.05) is 11.5 Å². The van der Waals surface area contributed by atoms with E-state index in [1.54, 1.807) is 0 Å². The number of thiol groups is 1. The van der Waals surface area contributed by atoms with Crippen LogP contribution in [-0.4, -0.2) is 6.29 Å². The molecule has 0 saturated heterocycles. The Hall–Kier alpha value is 0.460. The first-order valence-electron chi connectivity index (χ1n) is 2.23. The zero-order chi connectivity index (χ0) is 6.85. The lowest BCUT2D eigenvalue weighted by Crippen LogP contribution is -1.72. The Bertz CT molecular complexity index is 197. The summed E-state index contributed by atoms with van der Waals surface area (Å²) in [5, 5.41) is 1.99. The molecular formula is C5H4Br2OS. The van der Waals surface area contributed by atoms with Gasteiger partial charge >= 0.3 is 0 Å². The highest BCUT2D eigenvalue weighted by molar-refractivity contribution is 9.55. The third-order valence-corrected chi connectivity index (χ3v) is 4.78. The molecule has 50 valence electrons. The molecule has 0 aromatic heterocycles. The van der Waals surface area contributed by atoms with E-state index < -0.39 is 9.33 Å². The van der Waals surface area contributed by atoms with Crippen molar-refractivity contribution in [2.24, 2.45) is 0 Å². The SMILES string of the molecule is O=CC1=CC(Br)=C[SH]1Br. The molecule has 0 N–H and O–H groups in total. The van der Waals surface area contributed by atoms with Crippen LogP contribution in [0.4, 0.5) is 0 Å². The second kappa shape index (κ2) is 3.03. The summed E-state index contributed by atoms with van der Waals surface area (Å²) in [6.07, 6.45) is 2.71. The number of aldehydes is 1. The number of hydrogen-bond acceptors (Lipinski definition) is 1. The van der Waals surface area contributed by atoms with Gasteiger partial charge in [-0.25, -0.2) is 0 Å². The number of allylic oxidation sites excluding steroid dienone is 3. The van der Waals surface area contributed by atoms with E-state index in [-0.39, 0.29) is 0 Å². The Morgan fingerprint density at radius 2 is 2.33 bits per heavy atom. The van der Waals surface area contributed by atoms with Gasteiger partial charge in [0.2, 0.25) is 0 Å². The molecule has 1 rings (SSSR count). The van der Waals surface area contributed by atoms with Crippen LogP contribution >= 0.6 is 40.1 Å². The van der Waals surface area contributed by atoms with E-state index in [9.17, 15) is 4.79 Å². The van der Waals surface area contributed by atoms with Crippen LogP contribution in [0.2, 0.25) is 0 Å². The lowest BCUT2D eigenvalue weighted by atomic mass is 10.5. The average molecular weight is 272 g/mol. The van der Waals surface area contributed by atoms with Crippen molar-refractivity contribution in [3.8, 4) is 0 Å². The van der Waals surface area contributed by atoms with Crippen molar-refractivity contribution in [2.45, 2.75) is 0 Å². The second-order valence-corrected chi connectivity index (χ2v) is 6.12. The summed E-state index contributed by atoms with van der Waals surface area (Å²) in [6, 6.07) is 0. The van der Waals surface area contributed by atoms with Crippen LogP contribution < -0.4 is 0 Å². The molecule has 4 heteroatoms. The molecule has 0 fully saturated rings. The summed E-state index contributed by atoms with van der Waals surface area (Å²) in [7, 11) is -0.471. The molecule has 0 spiro atoms. The molecule has 0 amide bonds. The molecule has 9 heavy (non-hydrogen) atoms.